The van der Waals surface area contributed by atoms with Gasteiger partial charge in [-0.1, -0.05) is 18.2 Å². The molecule has 92 valence electrons. The summed E-state index contributed by atoms with van der Waals surface area (Å²) in [6, 6.07) is 10.1. The fraction of sp³-hybridized carbons (Fsp3) is 0.333. The molecule has 0 radical (unpaired) electrons. The number of para-hydroxylation sites is 1. The van der Waals surface area contributed by atoms with Crippen LogP contribution in [0.15, 0.2) is 35.4 Å². The Hall–Kier alpha value is -1.55. The topological polar surface area (TPSA) is 35.9 Å². The van der Waals surface area contributed by atoms with Gasteiger partial charge in [0.05, 0.1) is 0 Å². The monoisotopic (exact) mass is 253 g/mol. The lowest BCUT2D eigenvalue weighted by atomic mass is 10.3. The van der Waals surface area contributed by atoms with Crippen molar-refractivity contribution >= 4 is 30.2 Å². The minimum atomic E-state index is 0. The second-order valence-corrected chi connectivity index (χ2v) is 3.86. The summed E-state index contributed by atoms with van der Waals surface area (Å²) in [5.41, 5.74) is 1.12. The number of hydrazone groups is 1. The molecule has 1 aliphatic rings. The molecule has 17 heavy (non-hydrogen) atoms. The molecule has 0 aromatic heterocycles. The molecule has 1 aliphatic heterocycles. The first-order valence-corrected chi connectivity index (χ1v) is 5.36. The van der Waals surface area contributed by atoms with E-state index in [0.29, 0.717) is 13.0 Å². The average Bonchev–Trinajstić information content (AvgIpc) is 2.76. The number of ketones is 1. The van der Waals surface area contributed by atoms with Crippen molar-refractivity contribution in [2.45, 2.75) is 13.3 Å². The number of nitrogens with zero attached hydrogens (tertiary/aromatic N) is 3. The maximum Gasteiger partial charge on any atom is 0.131 e. The highest BCUT2D eigenvalue weighted by Gasteiger charge is 2.14. The van der Waals surface area contributed by atoms with Crippen LogP contribution in [0.1, 0.15) is 13.3 Å². The van der Waals surface area contributed by atoms with Crippen LogP contribution >= 0.6 is 12.4 Å². The van der Waals surface area contributed by atoms with Crippen molar-refractivity contribution in [1.29, 1.82) is 0 Å². The number of rotatable bonds is 4. The van der Waals surface area contributed by atoms with Crippen LogP contribution in [0, 0.1) is 0 Å². The quantitative estimate of drug-likeness (QED) is 0.825. The van der Waals surface area contributed by atoms with E-state index in [0.717, 1.165) is 12.4 Å². The molecule has 0 spiro atoms. The van der Waals surface area contributed by atoms with Gasteiger partial charge in [0.1, 0.15) is 18.8 Å². The van der Waals surface area contributed by atoms with Crippen LogP contribution in [-0.4, -0.2) is 30.3 Å². The van der Waals surface area contributed by atoms with Gasteiger partial charge in [-0.2, -0.15) is 5.10 Å². The first kappa shape index (κ1) is 13.5. The molecule has 2 rings (SSSR count). The maximum atomic E-state index is 10.9. The van der Waals surface area contributed by atoms with E-state index in [9.17, 15) is 4.79 Å². The van der Waals surface area contributed by atoms with Crippen LogP contribution in [0.25, 0.3) is 0 Å². The third-order valence-corrected chi connectivity index (χ3v) is 2.48. The minimum Gasteiger partial charge on any atom is -0.311 e. The van der Waals surface area contributed by atoms with Crippen LogP contribution in [0.3, 0.4) is 0 Å². The molecular weight excluding hydrogens is 238 g/mol. The fourth-order valence-corrected chi connectivity index (χ4v) is 1.57. The Morgan fingerprint density at radius 1 is 1.35 bits per heavy atom. The van der Waals surface area contributed by atoms with E-state index >= 15 is 0 Å². The van der Waals surface area contributed by atoms with Crippen molar-refractivity contribution in [2.24, 2.45) is 5.10 Å². The van der Waals surface area contributed by atoms with Gasteiger partial charge < -0.3 is 4.90 Å². The fourth-order valence-electron chi connectivity index (χ4n) is 1.57. The number of anilines is 1. The molecule has 1 aromatic rings. The van der Waals surface area contributed by atoms with E-state index in [2.05, 4.69) is 10.0 Å². The SMILES string of the molecule is CC(=O)CCN1CN(c2ccccc2)C=N1.Cl. The van der Waals surface area contributed by atoms with Gasteiger partial charge in [-0.15, -0.1) is 12.4 Å². The summed E-state index contributed by atoms with van der Waals surface area (Å²) in [6.45, 7) is 3.02. The largest absolute Gasteiger partial charge is 0.311 e. The first-order chi connectivity index (χ1) is 7.75. The highest BCUT2D eigenvalue weighted by molar-refractivity contribution is 5.85. The average molecular weight is 254 g/mol. The van der Waals surface area contributed by atoms with E-state index in [4.69, 9.17) is 0 Å². The van der Waals surface area contributed by atoms with Crippen LogP contribution in [0.4, 0.5) is 5.69 Å². The maximum absolute atomic E-state index is 10.9. The van der Waals surface area contributed by atoms with Crippen LogP contribution in [0.5, 0.6) is 0 Å². The van der Waals surface area contributed by atoms with Gasteiger partial charge in [0, 0.05) is 18.7 Å². The molecule has 0 atom stereocenters. The molecule has 0 bridgehead atoms. The molecule has 5 heteroatoms. The van der Waals surface area contributed by atoms with Gasteiger partial charge in [0.15, 0.2) is 0 Å². The number of benzene rings is 1. The highest BCUT2D eigenvalue weighted by atomic mass is 35.5. The van der Waals surface area contributed by atoms with Crippen LogP contribution in [-0.2, 0) is 4.79 Å². The first-order valence-electron chi connectivity index (χ1n) is 5.36. The zero-order valence-corrected chi connectivity index (χ0v) is 10.6. The summed E-state index contributed by atoms with van der Waals surface area (Å²) in [5.74, 6) is 0.202. The number of hydrogen-bond acceptors (Lipinski definition) is 4. The van der Waals surface area contributed by atoms with Crippen LogP contribution < -0.4 is 4.90 Å². The Kier molecular flexibility index (Phi) is 4.97. The molecule has 0 saturated heterocycles. The molecule has 0 aliphatic carbocycles. The molecule has 0 amide bonds. The smallest absolute Gasteiger partial charge is 0.131 e. The lowest BCUT2D eigenvalue weighted by molar-refractivity contribution is -0.117. The molecule has 1 aromatic carbocycles. The van der Waals surface area contributed by atoms with Crippen molar-refractivity contribution in [2.75, 3.05) is 18.1 Å². The number of carbonyl (C=O) groups excluding carboxylic acids is 1. The standard InChI is InChI=1S/C12H15N3O.ClH/c1-11(16)7-8-15-10-14(9-13-15)12-5-3-2-4-6-12;/h2-6,9H,7-8,10H2,1H3;1H. The van der Waals surface area contributed by atoms with Gasteiger partial charge in [0.25, 0.3) is 0 Å². The number of carbonyl (C=O) groups is 1. The molecule has 0 unspecified atom stereocenters. The minimum absolute atomic E-state index is 0. The van der Waals surface area contributed by atoms with Gasteiger partial charge >= 0.3 is 0 Å². The lowest BCUT2D eigenvalue weighted by Crippen LogP contribution is -2.27. The van der Waals surface area contributed by atoms with Crippen LogP contribution in [0.2, 0.25) is 0 Å². The molecule has 1 heterocycles. The third-order valence-electron chi connectivity index (χ3n) is 2.48. The zero-order valence-electron chi connectivity index (χ0n) is 9.74. The van der Waals surface area contributed by atoms with E-state index in [-0.39, 0.29) is 18.2 Å². The summed E-state index contributed by atoms with van der Waals surface area (Å²) in [5, 5.41) is 6.14. The lowest BCUT2D eigenvalue weighted by Gasteiger charge is -2.18. The van der Waals surface area contributed by atoms with E-state index < -0.39 is 0 Å². The van der Waals surface area contributed by atoms with Gasteiger partial charge in [0.2, 0.25) is 0 Å². The number of halogens is 1. The molecule has 0 N–H and O–H groups in total. The van der Waals surface area contributed by atoms with Crippen molar-refractivity contribution in [3.63, 3.8) is 0 Å². The summed E-state index contributed by atoms with van der Waals surface area (Å²) >= 11 is 0. The summed E-state index contributed by atoms with van der Waals surface area (Å²) in [4.78, 5) is 12.9. The summed E-state index contributed by atoms with van der Waals surface area (Å²) in [7, 11) is 0. The summed E-state index contributed by atoms with van der Waals surface area (Å²) < 4.78 is 0. The summed E-state index contributed by atoms with van der Waals surface area (Å²) in [6.07, 6.45) is 2.36. The van der Waals surface area contributed by atoms with Gasteiger partial charge in [-0.3, -0.25) is 9.80 Å². The second kappa shape index (κ2) is 6.25. The number of Topliss-reactive ketones (excluding diaryl/α,β-unsaturated/α-hetero) is 1. The van der Waals surface area contributed by atoms with Gasteiger partial charge in [-0.25, -0.2) is 0 Å². The van der Waals surface area contributed by atoms with E-state index in [1.807, 2.05) is 35.3 Å². The zero-order chi connectivity index (χ0) is 11.4. The molecule has 0 saturated carbocycles. The Labute approximate surface area is 107 Å². The Morgan fingerprint density at radius 2 is 2.06 bits per heavy atom. The predicted octanol–water partition coefficient (Wildman–Crippen LogP) is 2.11. The normalized spacial score (nSPS) is 13.7. The third kappa shape index (κ3) is 3.75. The Morgan fingerprint density at radius 3 is 2.71 bits per heavy atom. The van der Waals surface area contributed by atoms with E-state index in [1.165, 1.54) is 0 Å². The van der Waals surface area contributed by atoms with Gasteiger partial charge in [-0.05, 0) is 19.1 Å². The van der Waals surface area contributed by atoms with Crippen molar-refractivity contribution in [3.05, 3.63) is 30.3 Å². The molecule has 0 fully saturated rings. The van der Waals surface area contributed by atoms with Crippen molar-refractivity contribution < 1.29 is 4.79 Å². The predicted molar refractivity (Wildman–Crippen MR) is 71.5 cm³/mol. The Bertz CT molecular complexity index is 394. The van der Waals surface area contributed by atoms with Crippen molar-refractivity contribution in [3.8, 4) is 0 Å². The highest BCUT2D eigenvalue weighted by Crippen LogP contribution is 2.15. The Balaban J connectivity index is 0.00000144. The van der Waals surface area contributed by atoms with E-state index in [1.54, 1.807) is 13.3 Å². The second-order valence-electron chi connectivity index (χ2n) is 3.86. The number of hydrogen-bond donors (Lipinski definition) is 0. The molecule has 4 nitrogen and oxygen atoms in total. The van der Waals surface area contributed by atoms with Crippen molar-refractivity contribution in [1.82, 2.24) is 5.01 Å². The molecular formula is C12H16ClN3O.